The van der Waals surface area contributed by atoms with E-state index in [0.717, 1.165) is 11.3 Å². The molecule has 3 N–H and O–H groups in total. The summed E-state index contributed by atoms with van der Waals surface area (Å²) in [6.07, 6.45) is 1.65. The van der Waals surface area contributed by atoms with E-state index in [0.29, 0.717) is 5.69 Å². The fourth-order valence-electron chi connectivity index (χ4n) is 1.87. The van der Waals surface area contributed by atoms with E-state index in [9.17, 15) is 0 Å². The van der Waals surface area contributed by atoms with Crippen molar-refractivity contribution in [3.05, 3.63) is 36.0 Å². The number of nitrogen functional groups attached to an aromatic ring is 1. The maximum Gasteiger partial charge on any atom is 0.0882 e. The predicted molar refractivity (Wildman–Crippen MR) is 67.1 cm³/mol. The van der Waals surface area contributed by atoms with Crippen LogP contribution in [0.3, 0.4) is 0 Å². The number of anilines is 1. The Morgan fingerprint density at radius 3 is 2.44 bits per heavy atom. The molecule has 1 heterocycles. The van der Waals surface area contributed by atoms with Crippen molar-refractivity contribution in [2.75, 3.05) is 5.73 Å². The lowest BCUT2D eigenvalue weighted by Crippen LogP contribution is -2.12. The molecule has 0 atom stereocenters. The van der Waals surface area contributed by atoms with Gasteiger partial charge in [0.25, 0.3) is 0 Å². The van der Waals surface area contributed by atoms with E-state index in [1.807, 2.05) is 6.07 Å². The van der Waals surface area contributed by atoms with Gasteiger partial charge >= 0.3 is 0 Å². The van der Waals surface area contributed by atoms with E-state index in [4.69, 9.17) is 5.73 Å². The Morgan fingerprint density at radius 2 is 1.88 bits per heavy atom. The van der Waals surface area contributed by atoms with Gasteiger partial charge in [0.05, 0.1) is 17.6 Å². The summed E-state index contributed by atoms with van der Waals surface area (Å²) >= 11 is 0. The maximum absolute atomic E-state index is 5.89. The van der Waals surface area contributed by atoms with Gasteiger partial charge in [-0.3, -0.25) is 5.10 Å². The third-order valence-electron chi connectivity index (χ3n) is 2.67. The molecule has 3 heteroatoms. The van der Waals surface area contributed by atoms with Crippen LogP contribution in [0.2, 0.25) is 0 Å². The number of hydrogen-bond acceptors (Lipinski definition) is 2. The standard InChI is InChI=1S/C13H17N3/c1-13(2,3)10-7-5-4-6-9(10)12-11(14)8-15-16-12/h4-8H,14H2,1-3H3,(H,15,16). The molecule has 0 aliphatic heterocycles. The molecule has 0 radical (unpaired) electrons. The average Bonchev–Trinajstić information content (AvgIpc) is 2.63. The molecule has 0 aliphatic carbocycles. The smallest absolute Gasteiger partial charge is 0.0882 e. The van der Waals surface area contributed by atoms with E-state index >= 15 is 0 Å². The summed E-state index contributed by atoms with van der Waals surface area (Å²) in [5.41, 5.74) is 9.98. The SMILES string of the molecule is CC(C)(C)c1ccccc1-c1[nH]ncc1N. The number of hydrogen-bond donors (Lipinski definition) is 2. The molecule has 0 aliphatic rings. The highest BCUT2D eigenvalue weighted by atomic mass is 15.1. The first kappa shape index (κ1) is 10.7. The molecule has 0 spiro atoms. The molecule has 0 bridgehead atoms. The molecule has 1 aromatic heterocycles. The van der Waals surface area contributed by atoms with Crippen LogP contribution < -0.4 is 5.73 Å². The molecule has 3 nitrogen and oxygen atoms in total. The van der Waals surface area contributed by atoms with Crippen LogP contribution in [0.5, 0.6) is 0 Å². The number of nitrogens with zero attached hydrogens (tertiary/aromatic N) is 1. The first-order valence-corrected chi connectivity index (χ1v) is 5.39. The summed E-state index contributed by atoms with van der Waals surface area (Å²) in [6, 6.07) is 8.28. The molecule has 2 rings (SSSR count). The Bertz CT molecular complexity index is 492. The lowest BCUT2D eigenvalue weighted by molar-refractivity contribution is 0.592. The Kier molecular flexibility index (Phi) is 2.46. The third-order valence-corrected chi connectivity index (χ3v) is 2.67. The zero-order valence-corrected chi connectivity index (χ0v) is 9.91. The first-order valence-electron chi connectivity index (χ1n) is 5.39. The van der Waals surface area contributed by atoms with Gasteiger partial charge in [0.15, 0.2) is 0 Å². The molecule has 0 unspecified atom stereocenters. The molecule has 0 fully saturated rings. The van der Waals surface area contributed by atoms with Crippen LogP contribution in [0.1, 0.15) is 26.3 Å². The molecule has 1 aromatic carbocycles. The maximum atomic E-state index is 5.89. The third kappa shape index (κ3) is 1.81. The summed E-state index contributed by atoms with van der Waals surface area (Å²) in [5, 5.41) is 6.93. The second-order valence-corrected chi connectivity index (χ2v) is 5.00. The van der Waals surface area contributed by atoms with Crippen molar-refractivity contribution < 1.29 is 0 Å². The number of benzene rings is 1. The molecular weight excluding hydrogens is 198 g/mol. The Morgan fingerprint density at radius 1 is 1.19 bits per heavy atom. The van der Waals surface area contributed by atoms with Gasteiger partial charge in [0.2, 0.25) is 0 Å². The van der Waals surface area contributed by atoms with E-state index < -0.39 is 0 Å². The number of nitrogens with one attached hydrogen (secondary N) is 1. The number of aromatic nitrogens is 2. The first-order chi connectivity index (χ1) is 7.50. The number of rotatable bonds is 1. The van der Waals surface area contributed by atoms with Crippen molar-refractivity contribution in [1.29, 1.82) is 0 Å². The van der Waals surface area contributed by atoms with Gasteiger partial charge in [-0.1, -0.05) is 45.0 Å². The van der Waals surface area contributed by atoms with Gasteiger partial charge in [0, 0.05) is 5.56 Å². The summed E-state index contributed by atoms with van der Waals surface area (Å²) in [4.78, 5) is 0. The second-order valence-electron chi connectivity index (χ2n) is 5.00. The predicted octanol–water partition coefficient (Wildman–Crippen LogP) is 2.96. The molecular formula is C13H17N3. The molecule has 0 amide bonds. The second kappa shape index (κ2) is 3.67. The van der Waals surface area contributed by atoms with Crippen molar-refractivity contribution in [2.45, 2.75) is 26.2 Å². The minimum Gasteiger partial charge on any atom is -0.396 e. The fraction of sp³-hybridized carbons (Fsp3) is 0.308. The van der Waals surface area contributed by atoms with Crippen LogP contribution in [0.25, 0.3) is 11.3 Å². The highest BCUT2D eigenvalue weighted by Crippen LogP contribution is 2.33. The van der Waals surface area contributed by atoms with Crippen molar-refractivity contribution in [3.8, 4) is 11.3 Å². The van der Waals surface area contributed by atoms with E-state index in [2.05, 4.69) is 49.2 Å². The summed E-state index contributed by atoms with van der Waals surface area (Å²) in [6.45, 7) is 6.58. The van der Waals surface area contributed by atoms with Crippen molar-refractivity contribution in [3.63, 3.8) is 0 Å². The van der Waals surface area contributed by atoms with Gasteiger partial charge in [-0.15, -0.1) is 0 Å². The topological polar surface area (TPSA) is 54.7 Å². The Balaban J connectivity index is 2.62. The van der Waals surface area contributed by atoms with E-state index in [1.165, 1.54) is 5.56 Å². The highest BCUT2D eigenvalue weighted by Gasteiger charge is 2.19. The molecule has 0 saturated carbocycles. The molecule has 16 heavy (non-hydrogen) atoms. The van der Waals surface area contributed by atoms with Gasteiger partial charge < -0.3 is 5.73 Å². The van der Waals surface area contributed by atoms with Gasteiger partial charge in [-0.05, 0) is 11.0 Å². The van der Waals surface area contributed by atoms with Gasteiger partial charge in [0.1, 0.15) is 0 Å². The lowest BCUT2D eigenvalue weighted by Gasteiger charge is -2.22. The van der Waals surface area contributed by atoms with Crippen LogP contribution in [-0.4, -0.2) is 10.2 Å². The van der Waals surface area contributed by atoms with Crippen molar-refractivity contribution in [2.24, 2.45) is 0 Å². The fourth-order valence-corrected chi connectivity index (χ4v) is 1.87. The quantitative estimate of drug-likeness (QED) is 0.768. The summed E-state index contributed by atoms with van der Waals surface area (Å²) in [5.74, 6) is 0. The number of H-pyrrole nitrogens is 1. The molecule has 0 saturated heterocycles. The van der Waals surface area contributed by atoms with Crippen molar-refractivity contribution in [1.82, 2.24) is 10.2 Å². The zero-order chi connectivity index (χ0) is 11.8. The van der Waals surface area contributed by atoms with Crippen LogP contribution in [0.4, 0.5) is 5.69 Å². The summed E-state index contributed by atoms with van der Waals surface area (Å²) in [7, 11) is 0. The van der Waals surface area contributed by atoms with E-state index in [1.54, 1.807) is 6.20 Å². The van der Waals surface area contributed by atoms with Crippen LogP contribution in [0.15, 0.2) is 30.5 Å². The largest absolute Gasteiger partial charge is 0.396 e. The monoisotopic (exact) mass is 215 g/mol. The lowest BCUT2D eigenvalue weighted by atomic mass is 9.83. The molecule has 84 valence electrons. The zero-order valence-electron chi connectivity index (χ0n) is 9.91. The average molecular weight is 215 g/mol. The Labute approximate surface area is 95.7 Å². The minimum absolute atomic E-state index is 0.0914. The number of nitrogens with two attached hydrogens (primary N) is 1. The Hall–Kier alpha value is -1.77. The summed E-state index contributed by atoms with van der Waals surface area (Å²) < 4.78 is 0. The van der Waals surface area contributed by atoms with E-state index in [-0.39, 0.29) is 5.41 Å². The highest BCUT2D eigenvalue weighted by molar-refractivity contribution is 5.75. The van der Waals surface area contributed by atoms with Crippen molar-refractivity contribution >= 4 is 5.69 Å². The van der Waals surface area contributed by atoms with Gasteiger partial charge in [-0.25, -0.2) is 0 Å². The van der Waals surface area contributed by atoms with Gasteiger partial charge in [-0.2, -0.15) is 5.10 Å². The van der Waals surface area contributed by atoms with Crippen LogP contribution in [0, 0.1) is 0 Å². The molecule has 2 aromatic rings. The number of aromatic amines is 1. The van der Waals surface area contributed by atoms with Crippen LogP contribution in [-0.2, 0) is 5.41 Å². The van der Waals surface area contributed by atoms with Crippen LogP contribution >= 0.6 is 0 Å². The normalized spacial score (nSPS) is 11.7. The minimum atomic E-state index is 0.0914.